The van der Waals surface area contributed by atoms with Crippen LogP contribution in [0.4, 0.5) is 17.2 Å². The SMILES string of the molecule is CCN(CC)c1ccc(NC(=O)c2ccnc(N(CC)CC)c2)c(C)c1. The molecule has 5 heteroatoms. The molecule has 26 heavy (non-hydrogen) atoms. The van der Waals surface area contributed by atoms with Crippen molar-refractivity contribution < 1.29 is 4.79 Å². The molecule has 5 nitrogen and oxygen atoms in total. The van der Waals surface area contributed by atoms with Crippen LogP contribution in [0.1, 0.15) is 43.6 Å². The highest BCUT2D eigenvalue weighted by atomic mass is 16.1. The summed E-state index contributed by atoms with van der Waals surface area (Å²) in [5.74, 6) is 0.718. The summed E-state index contributed by atoms with van der Waals surface area (Å²) in [7, 11) is 0. The van der Waals surface area contributed by atoms with Crippen LogP contribution in [-0.4, -0.2) is 37.1 Å². The van der Waals surface area contributed by atoms with Crippen LogP contribution in [-0.2, 0) is 0 Å². The van der Waals surface area contributed by atoms with Gasteiger partial charge < -0.3 is 15.1 Å². The quantitative estimate of drug-likeness (QED) is 0.766. The lowest BCUT2D eigenvalue weighted by Gasteiger charge is -2.22. The number of nitrogens with one attached hydrogen (secondary N) is 1. The molecule has 1 amide bonds. The Morgan fingerprint density at radius 3 is 2.19 bits per heavy atom. The van der Waals surface area contributed by atoms with E-state index < -0.39 is 0 Å². The number of pyridine rings is 1. The second-order valence-electron chi connectivity index (χ2n) is 6.20. The van der Waals surface area contributed by atoms with Crippen molar-refractivity contribution in [1.29, 1.82) is 0 Å². The zero-order valence-electron chi connectivity index (χ0n) is 16.5. The number of benzene rings is 1. The monoisotopic (exact) mass is 354 g/mol. The van der Waals surface area contributed by atoms with Crippen LogP contribution in [0, 0.1) is 6.92 Å². The largest absolute Gasteiger partial charge is 0.372 e. The second-order valence-corrected chi connectivity index (χ2v) is 6.20. The normalized spacial score (nSPS) is 10.5. The van der Waals surface area contributed by atoms with Crippen LogP contribution >= 0.6 is 0 Å². The predicted octanol–water partition coefficient (Wildman–Crippen LogP) is 4.33. The van der Waals surface area contributed by atoms with Gasteiger partial charge in [-0.15, -0.1) is 0 Å². The van der Waals surface area contributed by atoms with E-state index in [-0.39, 0.29) is 5.91 Å². The van der Waals surface area contributed by atoms with Gasteiger partial charge in [-0.05, 0) is 70.5 Å². The standard InChI is InChI=1S/C21H30N4O/c1-6-24(7-2)18-10-11-19(16(5)14-18)23-21(26)17-12-13-22-20(15-17)25(8-3)9-4/h10-15H,6-9H2,1-5H3,(H,23,26). The third kappa shape index (κ3) is 4.54. The zero-order valence-corrected chi connectivity index (χ0v) is 16.5. The van der Waals surface area contributed by atoms with Gasteiger partial charge in [0.05, 0.1) is 0 Å². The lowest BCUT2D eigenvalue weighted by molar-refractivity contribution is 0.102. The number of aryl methyl sites for hydroxylation is 1. The van der Waals surface area contributed by atoms with Crippen molar-refractivity contribution in [2.24, 2.45) is 0 Å². The Bertz CT molecular complexity index is 737. The summed E-state index contributed by atoms with van der Waals surface area (Å²) in [6.45, 7) is 14.1. The molecule has 0 aliphatic heterocycles. The Kier molecular flexibility index (Phi) is 7.01. The summed E-state index contributed by atoms with van der Waals surface area (Å²) in [5.41, 5.74) is 3.69. The first-order chi connectivity index (χ1) is 12.5. The Hall–Kier alpha value is -2.56. The van der Waals surface area contributed by atoms with Crippen LogP contribution in [0.2, 0.25) is 0 Å². The number of anilines is 3. The smallest absolute Gasteiger partial charge is 0.255 e. The fourth-order valence-electron chi connectivity index (χ4n) is 3.05. The Labute approximate surface area is 157 Å². The number of carbonyl (C=O) groups excluding carboxylic acids is 1. The average Bonchev–Trinajstić information content (AvgIpc) is 2.66. The van der Waals surface area contributed by atoms with Crippen molar-refractivity contribution in [2.45, 2.75) is 34.6 Å². The summed E-state index contributed by atoms with van der Waals surface area (Å²) in [5, 5.41) is 3.03. The van der Waals surface area contributed by atoms with Crippen molar-refractivity contribution in [2.75, 3.05) is 41.3 Å². The Morgan fingerprint density at radius 1 is 0.962 bits per heavy atom. The molecule has 2 aromatic rings. The van der Waals surface area contributed by atoms with E-state index in [1.165, 1.54) is 5.69 Å². The molecule has 1 aromatic carbocycles. The zero-order chi connectivity index (χ0) is 19.1. The first-order valence-electron chi connectivity index (χ1n) is 9.41. The number of aromatic nitrogens is 1. The summed E-state index contributed by atoms with van der Waals surface area (Å²) in [6, 6.07) is 9.76. The second kappa shape index (κ2) is 9.22. The number of amides is 1. The third-order valence-corrected chi connectivity index (χ3v) is 4.68. The first-order valence-corrected chi connectivity index (χ1v) is 9.41. The molecule has 0 bridgehead atoms. The van der Waals surface area contributed by atoms with Gasteiger partial charge in [0.15, 0.2) is 0 Å². The molecule has 1 aromatic heterocycles. The van der Waals surface area contributed by atoms with Crippen LogP contribution in [0.3, 0.4) is 0 Å². The van der Waals surface area contributed by atoms with E-state index in [0.29, 0.717) is 5.56 Å². The van der Waals surface area contributed by atoms with E-state index in [1.807, 2.05) is 19.1 Å². The number of rotatable bonds is 8. The molecule has 0 fully saturated rings. The van der Waals surface area contributed by atoms with E-state index in [0.717, 1.165) is 43.2 Å². The topological polar surface area (TPSA) is 48.5 Å². The molecular formula is C21H30N4O. The highest BCUT2D eigenvalue weighted by Crippen LogP contribution is 2.23. The van der Waals surface area contributed by atoms with Gasteiger partial charge in [0.1, 0.15) is 5.82 Å². The van der Waals surface area contributed by atoms with Gasteiger partial charge >= 0.3 is 0 Å². The molecule has 0 saturated heterocycles. The lowest BCUT2D eigenvalue weighted by atomic mass is 10.1. The Morgan fingerprint density at radius 2 is 1.62 bits per heavy atom. The predicted molar refractivity (Wildman–Crippen MR) is 110 cm³/mol. The minimum Gasteiger partial charge on any atom is -0.372 e. The van der Waals surface area contributed by atoms with E-state index in [9.17, 15) is 4.79 Å². The molecule has 0 unspecified atom stereocenters. The number of hydrogen-bond donors (Lipinski definition) is 1. The van der Waals surface area contributed by atoms with E-state index in [4.69, 9.17) is 0 Å². The highest BCUT2D eigenvalue weighted by molar-refractivity contribution is 6.05. The number of hydrogen-bond acceptors (Lipinski definition) is 4. The van der Waals surface area contributed by atoms with Gasteiger partial charge in [-0.1, -0.05) is 0 Å². The molecule has 0 atom stereocenters. The summed E-state index contributed by atoms with van der Waals surface area (Å²) < 4.78 is 0. The van der Waals surface area contributed by atoms with Crippen molar-refractivity contribution in [3.05, 3.63) is 47.7 Å². The van der Waals surface area contributed by atoms with E-state index in [2.05, 4.69) is 59.9 Å². The molecule has 1 N–H and O–H groups in total. The lowest BCUT2D eigenvalue weighted by Crippen LogP contribution is -2.23. The summed E-state index contributed by atoms with van der Waals surface area (Å²) >= 11 is 0. The van der Waals surface area contributed by atoms with E-state index in [1.54, 1.807) is 12.3 Å². The molecule has 1 heterocycles. The minimum absolute atomic E-state index is 0.112. The van der Waals surface area contributed by atoms with Crippen molar-refractivity contribution in [3.63, 3.8) is 0 Å². The molecule has 0 spiro atoms. The third-order valence-electron chi connectivity index (χ3n) is 4.68. The van der Waals surface area contributed by atoms with Gasteiger partial charge in [-0.2, -0.15) is 0 Å². The highest BCUT2D eigenvalue weighted by Gasteiger charge is 2.12. The van der Waals surface area contributed by atoms with Crippen LogP contribution in [0.5, 0.6) is 0 Å². The van der Waals surface area contributed by atoms with E-state index >= 15 is 0 Å². The van der Waals surface area contributed by atoms with Crippen molar-refractivity contribution >= 4 is 23.1 Å². The van der Waals surface area contributed by atoms with Crippen molar-refractivity contribution in [1.82, 2.24) is 4.98 Å². The molecule has 2 rings (SSSR count). The first kappa shape index (κ1) is 19.8. The Balaban J connectivity index is 2.18. The number of carbonyl (C=O) groups is 1. The maximum absolute atomic E-state index is 12.7. The van der Waals surface area contributed by atoms with Gasteiger partial charge in [0, 0.05) is 49.3 Å². The minimum atomic E-state index is -0.112. The van der Waals surface area contributed by atoms with Crippen LogP contribution in [0.25, 0.3) is 0 Å². The maximum atomic E-state index is 12.7. The molecular weight excluding hydrogens is 324 g/mol. The van der Waals surface area contributed by atoms with Crippen LogP contribution < -0.4 is 15.1 Å². The molecule has 0 saturated carbocycles. The molecule has 140 valence electrons. The van der Waals surface area contributed by atoms with Gasteiger partial charge in [-0.25, -0.2) is 4.98 Å². The summed E-state index contributed by atoms with van der Waals surface area (Å²) in [4.78, 5) is 21.5. The molecule has 0 radical (unpaired) electrons. The number of nitrogens with zero attached hydrogens (tertiary/aromatic N) is 3. The van der Waals surface area contributed by atoms with Gasteiger partial charge in [-0.3, -0.25) is 4.79 Å². The van der Waals surface area contributed by atoms with Crippen molar-refractivity contribution in [3.8, 4) is 0 Å². The summed E-state index contributed by atoms with van der Waals surface area (Å²) in [6.07, 6.45) is 1.69. The molecule has 0 aliphatic carbocycles. The van der Waals surface area contributed by atoms with Gasteiger partial charge in [0.25, 0.3) is 5.91 Å². The maximum Gasteiger partial charge on any atom is 0.255 e. The molecule has 0 aliphatic rings. The van der Waals surface area contributed by atoms with Gasteiger partial charge in [0.2, 0.25) is 0 Å². The average molecular weight is 354 g/mol. The van der Waals surface area contributed by atoms with Crippen LogP contribution in [0.15, 0.2) is 36.5 Å². The fraction of sp³-hybridized carbons (Fsp3) is 0.429. The fourth-order valence-corrected chi connectivity index (χ4v) is 3.05.